The van der Waals surface area contributed by atoms with E-state index in [9.17, 15) is 0 Å². The van der Waals surface area contributed by atoms with Crippen LogP contribution in [0.1, 0.15) is 51.9 Å². The summed E-state index contributed by atoms with van der Waals surface area (Å²) in [6.45, 7) is 3.03. The van der Waals surface area contributed by atoms with Gasteiger partial charge in [0.15, 0.2) is 0 Å². The van der Waals surface area contributed by atoms with Crippen molar-refractivity contribution in [2.45, 2.75) is 57.4 Å². The van der Waals surface area contributed by atoms with Gasteiger partial charge in [-0.25, -0.2) is 0 Å². The predicted octanol–water partition coefficient (Wildman–Crippen LogP) is 4.18. The van der Waals surface area contributed by atoms with Crippen LogP contribution in [-0.4, -0.2) is 12.1 Å². The highest BCUT2D eigenvalue weighted by molar-refractivity contribution is 5.45. The maximum atomic E-state index is 6.11. The molecule has 1 aromatic rings. The van der Waals surface area contributed by atoms with Crippen LogP contribution in [0.5, 0.6) is 0 Å². The highest BCUT2D eigenvalue weighted by atomic mass is 15.0. The van der Waals surface area contributed by atoms with E-state index in [-0.39, 0.29) is 5.54 Å². The molecule has 2 rings (SSSR count). The van der Waals surface area contributed by atoms with Gasteiger partial charge in [0.25, 0.3) is 0 Å². The standard InChI is InChI=1S/C17H28N2/c1-2-7-15-8-6-12-17(14-18,13-11-15)19-16-9-4-3-5-10-16/h3-5,9-10,15,19H,2,6-8,11-14,18H2,1H3. The minimum atomic E-state index is 0.115. The number of benzene rings is 1. The molecule has 0 saturated heterocycles. The molecule has 3 N–H and O–H groups in total. The van der Waals surface area contributed by atoms with Gasteiger partial charge in [-0.15, -0.1) is 0 Å². The first-order valence-electron chi connectivity index (χ1n) is 7.81. The van der Waals surface area contributed by atoms with Gasteiger partial charge in [-0.1, -0.05) is 50.8 Å². The van der Waals surface area contributed by atoms with Crippen LogP contribution in [0.2, 0.25) is 0 Å². The Morgan fingerprint density at radius 3 is 2.68 bits per heavy atom. The summed E-state index contributed by atoms with van der Waals surface area (Å²) < 4.78 is 0. The van der Waals surface area contributed by atoms with Crippen LogP contribution < -0.4 is 11.1 Å². The Kier molecular flexibility index (Phi) is 5.26. The van der Waals surface area contributed by atoms with Crippen LogP contribution in [0.4, 0.5) is 5.69 Å². The molecule has 0 heterocycles. The molecule has 1 aromatic carbocycles. The number of hydrogen-bond acceptors (Lipinski definition) is 2. The third-order valence-corrected chi connectivity index (χ3v) is 4.57. The van der Waals surface area contributed by atoms with Crippen molar-refractivity contribution in [3.05, 3.63) is 30.3 Å². The fourth-order valence-corrected chi connectivity index (χ4v) is 3.38. The van der Waals surface area contributed by atoms with Gasteiger partial charge < -0.3 is 11.1 Å². The van der Waals surface area contributed by atoms with Gasteiger partial charge in [-0.2, -0.15) is 0 Å². The average Bonchev–Trinajstić information content (AvgIpc) is 2.64. The highest BCUT2D eigenvalue weighted by Gasteiger charge is 2.31. The lowest BCUT2D eigenvalue weighted by atomic mass is 9.88. The van der Waals surface area contributed by atoms with Gasteiger partial charge in [-0.3, -0.25) is 0 Å². The van der Waals surface area contributed by atoms with Gasteiger partial charge >= 0.3 is 0 Å². The van der Waals surface area contributed by atoms with Crippen molar-refractivity contribution >= 4 is 5.69 Å². The summed E-state index contributed by atoms with van der Waals surface area (Å²) in [6.07, 6.45) is 9.12. The van der Waals surface area contributed by atoms with Gasteiger partial charge in [-0.05, 0) is 37.3 Å². The molecule has 0 spiro atoms. The first-order chi connectivity index (χ1) is 9.28. The van der Waals surface area contributed by atoms with Crippen LogP contribution in [0.15, 0.2) is 30.3 Å². The van der Waals surface area contributed by atoms with Crippen molar-refractivity contribution in [3.8, 4) is 0 Å². The smallest absolute Gasteiger partial charge is 0.0495 e. The molecule has 0 aromatic heterocycles. The number of para-hydroxylation sites is 1. The van der Waals surface area contributed by atoms with Crippen molar-refractivity contribution in [3.63, 3.8) is 0 Å². The van der Waals surface area contributed by atoms with E-state index in [0.717, 1.165) is 12.5 Å². The largest absolute Gasteiger partial charge is 0.378 e. The summed E-state index contributed by atoms with van der Waals surface area (Å²) in [4.78, 5) is 0. The Bertz CT molecular complexity index is 363. The number of anilines is 1. The number of nitrogens with two attached hydrogens (primary N) is 1. The van der Waals surface area contributed by atoms with Gasteiger partial charge in [0, 0.05) is 17.8 Å². The lowest BCUT2D eigenvalue weighted by Gasteiger charge is -2.34. The summed E-state index contributed by atoms with van der Waals surface area (Å²) in [5.41, 5.74) is 7.44. The summed E-state index contributed by atoms with van der Waals surface area (Å²) in [5, 5.41) is 3.72. The lowest BCUT2D eigenvalue weighted by molar-refractivity contribution is 0.390. The van der Waals surface area contributed by atoms with Gasteiger partial charge in [0.1, 0.15) is 0 Å². The Hall–Kier alpha value is -1.02. The zero-order valence-electron chi connectivity index (χ0n) is 12.2. The van der Waals surface area contributed by atoms with Crippen LogP contribution in [0, 0.1) is 5.92 Å². The average molecular weight is 260 g/mol. The van der Waals surface area contributed by atoms with E-state index in [2.05, 4.69) is 42.6 Å². The normalized spacial score (nSPS) is 27.8. The zero-order valence-corrected chi connectivity index (χ0v) is 12.2. The Morgan fingerprint density at radius 1 is 1.21 bits per heavy atom. The van der Waals surface area contributed by atoms with E-state index >= 15 is 0 Å². The van der Waals surface area contributed by atoms with Crippen LogP contribution in [-0.2, 0) is 0 Å². The predicted molar refractivity (Wildman–Crippen MR) is 83.3 cm³/mol. The molecule has 0 aliphatic heterocycles. The Balaban J connectivity index is 2.02. The maximum Gasteiger partial charge on any atom is 0.0495 e. The molecular formula is C17H28N2. The van der Waals surface area contributed by atoms with Crippen molar-refractivity contribution in [2.24, 2.45) is 11.7 Å². The van der Waals surface area contributed by atoms with Crippen molar-refractivity contribution in [2.75, 3.05) is 11.9 Å². The fourth-order valence-electron chi connectivity index (χ4n) is 3.38. The lowest BCUT2D eigenvalue weighted by Crippen LogP contribution is -2.45. The Labute approximate surface area is 117 Å². The van der Waals surface area contributed by atoms with Crippen LogP contribution in [0.25, 0.3) is 0 Å². The second-order valence-electron chi connectivity index (χ2n) is 6.06. The van der Waals surface area contributed by atoms with E-state index < -0.39 is 0 Å². The van der Waals surface area contributed by atoms with E-state index in [4.69, 9.17) is 5.73 Å². The molecule has 0 amide bonds. The summed E-state index contributed by atoms with van der Waals surface area (Å²) >= 11 is 0. The molecule has 1 fully saturated rings. The highest BCUT2D eigenvalue weighted by Crippen LogP contribution is 2.34. The van der Waals surface area contributed by atoms with E-state index in [1.807, 2.05) is 0 Å². The SMILES string of the molecule is CCCC1CCCC(CN)(Nc2ccccc2)CC1. The molecule has 2 atom stereocenters. The minimum absolute atomic E-state index is 0.115. The number of nitrogens with one attached hydrogen (secondary N) is 1. The number of rotatable bonds is 5. The van der Waals surface area contributed by atoms with Gasteiger partial charge in [0.2, 0.25) is 0 Å². The molecule has 1 aliphatic carbocycles. The second-order valence-corrected chi connectivity index (χ2v) is 6.06. The molecule has 106 valence electrons. The quantitative estimate of drug-likeness (QED) is 0.780. The summed E-state index contributed by atoms with van der Waals surface area (Å²) in [5.74, 6) is 0.913. The molecule has 0 radical (unpaired) electrons. The van der Waals surface area contributed by atoms with E-state index in [1.54, 1.807) is 0 Å². The third-order valence-electron chi connectivity index (χ3n) is 4.57. The van der Waals surface area contributed by atoms with Gasteiger partial charge in [0.05, 0.1) is 0 Å². The van der Waals surface area contributed by atoms with E-state index in [1.165, 1.54) is 50.6 Å². The topological polar surface area (TPSA) is 38.0 Å². The molecule has 2 unspecified atom stereocenters. The first kappa shape index (κ1) is 14.4. The maximum absolute atomic E-state index is 6.11. The summed E-state index contributed by atoms with van der Waals surface area (Å²) in [6, 6.07) is 10.5. The molecule has 1 saturated carbocycles. The Morgan fingerprint density at radius 2 is 2.00 bits per heavy atom. The molecular weight excluding hydrogens is 232 g/mol. The fraction of sp³-hybridized carbons (Fsp3) is 0.647. The van der Waals surface area contributed by atoms with Crippen LogP contribution >= 0.6 is 0 Å². The first-order valence-corrected chi connectivity index (χ1v) is 7.81. The van der Waals surface area contributed by atoms with Crippen molar-refractivity contribution < 1.29 is 0 Å². The number of hydrogen-bond donors (Lipinski definition) is 2. The van der Waals surface area contributed by atoms with Crippen molar-refractivity contribution in [1.82, 2.24) is 0 Å². The zero-order chi connectivity index (χ0) is 13.6. The molecule has 2 heteroatoms. The monoisotopic (exact) mass is 260 g/mol. The second kappa shape index (κ2) is 6.95. The van der Waals surface area contributed by atoms with Crippen LogP contribution in [0.3, 0.4) is 0 Å². The molecule has 2 nitrogen and oxygen atoms in total. The molecule has 0 bridgehead atoms. The minimum Gasteiger partial charge on any atom is -0.378 e. The summed E-state index contributed by atoms with van der Waals surface area (Å²) in [7, 11) is 0. The molecule has 1 aliphatic rings. The third kappa shape index (κ3) is 3.97. The van der Waals surface area contributed by atoms with E-state index in [0.29, 0.717) is 0 Å². The van der Waals surface area contributed by atoms with Crippen molar-refractivity contribution in [1.29, 1.82) is 0 Å². The molecule has 19 heavy (non-hydrogen) atoms.